The van der Waals surface area contributed by atoms with Crippen molar-refractivity contribution in [1.29, 1.82) is 0 Å². The van der Waals surface area contributed by atoms with Crippen LogP contribution >= 0.6 is 0 Å². The van der Waals surface area contributed by atoms with E-state index in [2.05, 4.69) is 5.10 Å². The summed E-state index contributed by atoms with van der Waals surface area (Å²) < 4.78 is 13.2. The molecule has 0 bridgehead atoms. The normalized spacial score (nSPS) is 33.1. The summed E-state index contributed by atoms with van der Waals surface area (Å²) in [6, 6.07) is 0.319. The third-order valence-electron chi connectivity index (χ3n) is 3.67. The third-order valence-corrected chi connectivity index (χ3v) is 3.67. The highest BCUT2D eigenvalue weighted by molar-refractivity contribution is 5.73. The quantitative estimate of drug-likeness (QED) is 0.724. The SMILES string of the molecule is O=Cc1cnn(C2CCOC3(CCOC3)C2)c1. The van der Waals surface area contributed by atoms with Crippen LogP contribution in [0.2, 0.25) is 0 Å². The highest BCUT2D eigenvalue weighted by atomic mass is 16.6. The number of aldehydes is 1. The topological polar surface area (TPSA) is 53.4 Å². The van der Waals surface area contributed by atoms with Crippen molar-refractivity contribution in [3.63, 3.8) is 0 Å². The molecule has 0 N–H and O–H groups in total. The predicted molar refractivity (Wildman–Crippen MR) is 60.0 cm³/mol. The standard InChI is InChI=1S/C12H16N2O3/c15-8-10-6-13-14(7-10)11-1-3-17-12(5-11)2-4-16-9-12/h6-8,11H,1-5,9H2. The number of hydrogen-bond donors (Lipinski definition) is 0. The molecule has 0 amide bonds. The van der Waals surface area contributed by atoms with Crippen molar-refractivity contribution in [3.8, 4) is 0 Å². The Labute approximate surface area is 99.7 Å². The Bertz CT molecular complexity index is 410. The molecule has 17 heavy (non-hydrogen) atoms. The molecule has 92 valence electrons. The summed E-state index contributed by atoms with van der Waals surface area (Å²) in [6.45, 7) is 2.21. The van der Waals surface area contributed by atoms with E-state index in [0.717, 1.165) is 38.8 Å². The van der Waals surface area contributed by atoms with Gasteiger partial charge in [-0.1, -0.05) is 0 Å². The van der Waals surface area contributed by atoms with E-state index in [9.17, 15) is 4.79 Å². The van der Waals surface area contributed by atoms with Crippen LogP contribution in [0.25, 0.3) is 0 Å². The van der Waals surface area contributed by atoms with Crippen LogP contribution in [0.5, 0.6) is 0 Å². The second kappa shape index (κ2) is 4.23. The molecule has 1 aromatic heterocycles. The fraction of sp³-hybridized carbons (Fsp3) is 0.667. The van der Waals surface area contributed by atoms with Crippen LogP contribution in [0.15, 0.2) is 12.4 Å². The second-order valence-electron chi connectivity index (χ2n) is 4.85. The first-order valence-corrected chi connectivity index (χ1v) is 6.02. The summed E-state index contributed by atoms with van der Waals surface area (Å²) in [5.74, 6) is 0. The summed E-state index contributed by atoms with van der Waals surface area (Å²) in [5, 5.41) is 4.25. The van der Waals surface area contributed by atoms with Crippen molar-refractivity contribution in [2.24, 2.45) is 0 Å². The van der Waals surface area contributed by atoms with Crippen LogP contribution in [0.4, 0.5) is 0 Å². The molecule has 3 heterocycles. The first kappa shape index (κ1) is 10.9. The van der Waals surface area contributed by atoms with Crippen LogP contribution in [0.1, 0.15) is 35.7 Å². The molecule has 0 saturated carbocycles. The molecule has 1 spiro atoms. The number of aromatic nitrogens is 2. The minimum atomic E-state index is -0.115. The monoisotopic (exact) mass is 236 g/mol. The van der Waals surface area contributed by atoms with Crippen molar-refractivity contribution in [2.75, 3.05) is 19.8 Å². The number of nitrogens with zero attached hydrogens (tertiary/aromatic N) is 2. The average molecular weight is 236 g/mol. The molecule has 5 heteroatoms. The molecule has 2 saturated heterocycles. The molecule has 2 unspecified atom stereocenters. The lowest BCUT2D eigenvalue weighted by Gasteiger charge is -2.37. The van der Waals surface area contributed by atoms with E-state index in [0.29, 0.717) is 18.2 Å². The highest BCUT2D eigenvalue weighted by Gasteiger charge is 2.41. The van der Waals surface area contributed by atoms with E-state index in [-0.39, 0.29) is 5.60 Å². The zero-order valence-electron chi connectivity index (χ0n) is 9.67. The van der Waals surface area contributed by atoms with Gasteiger partial charge in [-0.05, 0) is 6.42 Å². The van der Waals surface area contributed by atoms with E-state index in [1.807, 2.05) is 10.9 Å². The number of ether oxygens (including phenoxy) is 2. The van der Waals surface area contributed by atoms with Crippen LogP contribution < -0.4 is 0 Å². The van der Waals surface area contributed by atoms with Crippen LogP contribution in [-0.4, -0.2) is 41.5 Å². The molecule has 2 aliphatic heterocycles. The molecule has 2 fully saturated rings. The summed E-state index contributed by atoms with van der Waals surface area (Å²) >= 11 is 0. The molecule has 3 rings (SSSR count). The van der Waals surface area contributed by atoms with Crippen LogP contribution in [0.3, 0.4) is 0 Å². The van der Waals surface area contributed by atoms with Gasteiger partial charge in [-0.25, -0.2) is 0 Å². The van der Waals surface area contributed by atoms with Gasteiger partial charge in [-0.15, -0.1) is 0 Å². The fourth-order valence-electron chi connectivity index (χ4n) is 2.70. The van der Waals surface area contributed by atoms with E-state index >= 15 is 0 Å². The molecule has 1 aromatic rings. The molecule has 2 atom stereocenters. The smallest absolute Gasteiger partial charge is 0.153 e. The minimum absolute atomic E-state index is 0.115. The molecule has 0 radical (unpaired) electrons. The molecule has 0 aliphatic carbocycles. The summed E-state index contributed by atoms with van der Waals surface area (Å²) in [5.41, 5.74) is 0.518. The van der Waals surface area contributed by atoms with Gasteiger partial charge >= 0.3 is 0 Å². The summed E-state index contributed by atoms with van der Waals surface area (Å²) in [7, 11) is 0. The Morgan fingerprint density at radius 1 is 1.53 bits per heavy atom. The van der Waals surface area contributed by atoms with Crippen molar-refractivity contribution < 1.29 is 14.3 Å². The lowest BCUT2D eigenvalue weighted by molar-refractivity contribution is -0.0962. The zero-order chi connectivity index (χ0) is 11.7. The zero-order valence-corrected chi connectivity index (χ0v) is 9.67. The summed E-state index contributed by atoms with van der Waals surface area (Å²) in [4.78, 5) is 10.7. The van der Waals surface area contributed by atoms with Gasteiger partial charge in [0, 0.05) is 32.3 Å². The van der Waals surface area contributed by atoms with Crippen molar-refractivity contribution in [2.45, 2.75) is 30.9 Å². The van der Waals surface area contributed by atoms with Crippen LogP contribution in [-0.2, 0) is 9.47 Å². The van der Waals surface area contributed by atoms with Crippen molar-refractivity contribution in [1.82, 2.24) is 9.78 Å². The largest absolute Gasteiger partial charge is 0.378 e. The Kier molecular flexibility index (Phi) is 2.72. The maximum Gasteiger partial charge on any atom is 0.153 e. The average Bonchev–Trinajstić information content (AvgIpc) is 2.99. The Balaban J connectivity index is 1.77. The van der Waals surface area contributed by atoms with Gasteiger partial charge in [0.1, 0.15) is 0 Å². The molecular formula is C12H16N2O3. The molecular weight excluding hydrogens is 220 g/mol. The molecule has 0 aromatic carbocycles. The van der Waals surface area contributed by atoms with Crippen molar-refractivity contribution >= 4 is 6.29 Å². The van der Waals surface area contributed by atoms with Gasteiger partial charge in [0.15, 0.2) is 6.29 Å². The van der Waals surface area contributed by atoms with Crippen molar-refractivity contribution in [3.05, 3.63) is 18.0 Å². The van der Waals surface area contributed by atoms with Gasteiger partial charge in [-0.3, -0.25) is 9.48 Å². The van der Waals surface area contributed by atoms with Crippen LogP contribution in [0, 0.1) is 0 Å². The highest BCUT2D eigenvalue weighted by Crippen LogP contribution is 2.37. The summed E-state index contributed by atoms with van der Waals surface area (Å²) in [6.07, 6.45) is 7.09. The third kappa shape index (κ3) is 2.00. The van der Waals surface area contributed by atoms with Gasteiger partial charge in [-0.2, -0.15) is 5.10 Å². The Morgan fingerprint density at radius 2 is 2.47 bits per heavy atom. The van der Waals surface area contributed by atoms with Gasteiger partial charge < -0.3 is 9.47 Å². The maximum absolute atomic E-state index is 10.7. The number of carbonyl (C=O) groups excluding carboxylic acids is 1. The lowest BCUT2D eigenvalue weighted by Crippen LogP contribution is -2.41. The first-order valence-electron chi connectivity index (χ1n) is 6.02. The van der Waals surface area contributed by atoms with Gasteiger partial charge in [0.2, 0.25) is 0 Å². The van der Waals surface area contributed by atoms with E-state index < -0.39 is 0 Å². The Morgan fingerprint density at radius 3 is 3.18 bits per heavy atom. The fourth-order valence-corrected chi connectivity index (χ4v) is 2.70. The van der Waals surface area contributed by atoms with E-state index in [1.54, 1.807) is 6.20 Å². The maximum atomic E-state index is 10.7. The van der Waals surface area contributed by atoms with E-state index in [1.165, 1.54) is 0 Å². The Hall–Kier alpha value is -1.20. The lowest BCUT2D eigenvalue weighted by atomic mass is 9.90. The number of carbonyl (C=O) groups is 1. The van der Waals surface area contributed by atoms with Gasteiger partial charge in [0.05, 0.1) is 30.0 Å². The molecule has 2 aliphatic rings. The predicted octanol–water partition coefficient (Wildman–Crippen LogP) is 1.21. The molecule has 5 nitrogen and oxygen atoms in total. The van der Waals surface area contributed by atoms with E-state index in [4.69, 9.17) is 9.47 Å². The number of rotatable bonds is 2. The minimum Gasteiger partial charge on any atom is -0.378 e. The second-order valence-corrected chi connectivity index (χ2v) is 4.85. The van der Waals surface area contributed by atoms with Gasteiger partial charge in [0.25, 0.3) is 0 Å². The first-order chi connectivity index (χ1) is 8.31. The number of hydrogen-bond acceptors (Lipinski definition) is 4.